The van der Waals surface area contributed by atoms with Crippen LogP contribution in [0.25, 0.3) is 0 Å². The molecule has 3 nitrogen and oxygen atoms in total. The lowest BCUT2D eigenvalue weighted by atomic mass is 10.1. The van der Waals surface area contributed by atoms with Gasteiger partial charge in [0.15, 0.2) is 0 Å². The summed E-state index contributed by atoms with van der Waals surface area (Å²) in [5.41, 5.74) is 1.000. The average Bonchev–Trinajstić information content (AvgIpc) is 2.32. The van der Waals surface area contributed by atoms with E-state index < -0.39 is 0 Å². The molecule has 1 unspecified atom stereocenters. The van der Waals surface area contributed by atoms with Crippen LogP contribution in [0.2, 0.25) is 0 Å². The van der Waals surface area contributed by atoms with Crippen LogP contribution < -0.4 is 5.32 Å². The van der Waals surface area contributed by atoms with Crippen LogP contribution in [0.4, 0.5) is 4.39 Å². The third-order valence-electron chi connectivity index (χ3n) is 2.67. The Balaban J connectivity index is 2.30. The molecule has 0 bridgehead atoms. The fourth-order valence-corrected chi connectivity index (χ4v) is 1.77. The number of nitrogens with one attached hydrogen (secondary N) is 1. The Morgan fingerprint density at radius 1 is 1.33 bits per heavy atom. The molecule has 0 fully saturated rings. The van der Waals surface area contributed by atoms with Crippen LogP contribution in [0.3, 0.4) is 0 Å². The minimum Gasteiger partial charge on any atom is -0.396 e. The molecule has 2 N–H and O–H groups in total. The molecule has 0 aliphatic rings. The van der Waals surface area contributed by atoms with Gasteiger partial charge in [0.1, 0.15) is 5.82 Å². The lowest BCUT2D eigenvalue weighted by molar-refractivity contribution is -0.121. The topological polar surface area (TPSA) is 49.3 Å². The lowest BCUT2D eigenvalue weighted by Crippen LogP contribution is -2.33. The SMILES string of the molecule is CC(Cc1ccc(F)cc1)NC(=O)CCCCO. The number of carbonyl (C=O) groups is 1. The maximum Gasteiger partial charge on any atom is 0.220 e. The second-order valence-corrected chi connectivity index (χ2v) is 4.48. The molecule has 1 aromatic rings. The van der Waals surface area contributed by atoms with E-state index in [-0.39, 0.29) is 24.4 Å². The van der Waals surface area contributed by atoms with Crippen molar-refractivity contribution in [1.82, 2.24) is 5.32 Å². The number of unbranched alkanes of at least 4 members (excludes halogenated alkanes) is 1. The maximum atomic E-state index is 12.7. The first kappa shape index (κ1) is 14.6. The minimum atomic E-state index is -0.251. The van der Waals surface area contributed by atoms with Crippen molar-refractivity contribution in [2.75, 3.05) is 6.61 Å². The molecule has 1 atom stereocenters. The van der Waals surface area contributed by atoms with Gasteiger partial charge in [-0.1, -0.05) is 12.1 Å². The summed E-state index contributed by atoms with van der Waals surface area (Å²) in [4.78, 5) is 11.5. The Kier molecular flexibility index (Phi) is 6.36. The van der Waals surface area contributed by atoms with Crippen molar-refractivity contribution in [1.29, 1.82) is 0 Å². The van der Waals surface area contributed by atoms with Crippen molar-refractivity contribution < 1.29 is 14.3 Å². The predicted octanol–water partition coefficient (Wildman–Crippen LogP) is 2.04. The molecule has 18 heavy (non-hydrogen) atoms. The van der Waals surface area contributed by atoms with Gasteiger partial charge >= 0.3 is 0 Å². The predicted molar refractivity (Wildman–Crippen MR) is 68.6 cm³/mol. The van der Waals surface area contributed by atoms with E-state index in [0.717, 1.165) is 5.56 Å². The van der Waals surface area contributed by atoms with Gasteiger partial charge in [-0.25, -0.2) is 4.39 Å². The van der Waals surface area contributed by atoms with Crippen molar-refractivity contribution in [3.8, 4) is 0 Å². The van der Waals surface area contributed by atoms with Crippen LogP contribution in [0.15, 0.2) is 24.3 Å². The quantitative estimate of drug-likeness (QED) is 0.731. The Labute approximate surface area is 107 Å². The van der Waals surface area contributed by atoms with E-state index in [0.29, 0.717) is 25.7 Å². The van der Waals surface area contributed by atoms with Crippen molar-refractivity contribution in [3.63, 3.8) is 0 Å². The van der Waals surface area contributed by atoms with E-state index >= 15 is 0 Å². The Morgan fingerprint density at radius 3 is 2.61 bits per heavy atom. The molecule has 1 rings (SSSR count). The minimum absolute atomic E-state index is 0.00179. The largest absolute Gasteiger partial charge is 0.396 e. The molecule has 0 radical (unpaired) electrons. The lowest BCUT2D eigenvalue weighted by Gasteiger charge is -2.13. The van der Waals surface area contributed by atoms with Crippen LogP contribution in [0, 0.1) is 5.82 Å². The third kappa shape index (κ3) is 5.77. The zero-order valence-electron chi connectivity index (χ0n) is 10.7. The molecule has 4 heteroatoms. The summed E-state index contributed by atoms with van der Waals surface area (Å²) in [6.45, 7) is 2.05. The van der Waals surface area contributed by atoms with Gasteiger partial charge in [0.25, 0.3) is 0 Å². The molecule has 100 valence electrons. The molecule has 1 aromatic carbocycles. The van der Waals surface area contributed by atoms with Crippen LogP contribution in [-0.2, 0) is 11.2 Å². The average molecular weight is 253 g/mol. The first-order chi connectivity index (χ1) is 8.61. The molecule has 0 saturated carbocycles. The zero-order valence-corrected chi connectivity index (χ0v) is 10.7. The molecular formula is C14H20FNO2. The van der Waals surface area contributed by atoms with E-state index in [9.17, 15) is 9.18 Å². The maximum absolute atomic E-state index is 12.7. The van der Waals surface area contributed by atoms with Gasteiger partial charge < -0.3 is 10.4 Å². The van der Waals surface area contributed by atoms with E-state index in [1.54, 1.807) is 12.1 Å². The van der Waals surface area contributed by atoms with Gasteiger partial charge in [-0.05, 0) is 43.9 Å². The van der Waals surface area contributed by atoms with Crippen LogP contribution in [0.5, 0.6) is 0 Å². The number of amides is 1. The summed E-state index contributed by atoms with van der Waals surface area (Å²) in [6.07, 6.45) is 2.48. The summed E-state index contributed by atoms with van der Waals surface area (Å²) >= 11 is 0. The van der Waals surface area contributed by atoms with Crippen LogP contribution in [0.1, 0.15) is 31.7 Å². The van der Waals surface area contributed by atoms with Gasteiger partial charge in [-0.2, -0.15) is 0 Å². The Bertz CT molecular complexity index is 365. The highest BCUT2D eigenvalue weighted by molar-refractivity contribution is 5.76. The number of halogens is 1. The van der Waals surface area contributed by atoms with Crippen molar-refractivity contribution in [3.05, 3.63) is 35.6 Å². The molecular weight excluding hydrogens is 233 g/mol. The zero-order chi connectivity index (χ0) is 13.4. The van der Waals surface area contributed by atoms with Crippen LogP contribution in [-0.4, -0.2) is 23.7 Å². The highest BCUT2D eigenvalue weighted by atomic mass is 19.1. The number of carbonyl (C=O) groups excluding carboxylic acids is 1. The van der Waals surface area contributed by atoms with Gasteiger partial charge in [0, 0.05) is 19.1 Å². The van der Waals surface area contributed by atoms with Crippen molar-refractivity contribution in [2.45, 2.75) is 38.6 Å². The van der Waals surface area contributed by atoms with Gasteiger partial charge in [-0.3, -0.25) is 4.79 Å². The van der Waals surface area contributed by atoms with Gasteiger partial charge in [-0.15, -0.1) is 0 Å². The Hall–Kier alpha value is -1.42. The highest BCUT2D eigenvalue weighted by Gasteiger charge is 2.07. The summed E-state index contributed by atoms with van der Waals surface area (Å²) < 4.78 is 12.7. The van der Waals surface area contributed by atoms with Crippen molar-refractivity contribution in [2.24, 2.45) is 0 Å². The molecule has 0 spiro atoms. The summed E-state index contributed by atoms with van der Waals surface area (Å²) in [6, 6.07) is 6.32. The number of benzene rings is 1. The van der Waals surface area contributed by atoms with Gasteiger partial charge in [0.2, 0.25) is 5.91 Å². The Morgan fingerprint density at radius 2 is 2.00 bits per heavy atom. The monoisotopic (exact) mass is 253 g/mol. The summed E-state index contributed by atoms with van der Waals surface area (Å²) in [5, 5.41) is 11.5. The molecule has 0 aliphatic heterocycles. The fraction of sp³-hybridized carbons (Fsp3) is 0.500. The van der Waals surface area contributed by atoms with Crippen LogP contribution >= 0.6 is 0 Å². The number of hydrogen-bond donors (Lipinski definition) is 2. The van der Waals surface area contributed by atoms with E-state index in [1.807, 2.05) is 6.92 Å². The fourth-order valence-electron chi connectivity index (χ4n) is 1.77. The number of aliphatic hydroxyl groups excluding tert-OH is 1. The van der Waals surface area contributed by atoms with E-state index in [1.165, 1.54) is 12.1 Å². The molecule has 1 amide bonds. The smallest absolute Gasteiger partial charge is 0.220 e. The molecule has 0 aliphatic carbocycles. The first-order valence-corrected chi connectivity index (χ1v) is 6.26. The normalized spacial score (nSPS) is 12.2. The molecule has 0 aromatic heterocycles. The standard InChI is InChI=1S/C14H20FNO2/c1-11(16-14(18)4-2-3-9-17)10-12-5-7-13(15)8-6-12/h5-8,11,17H,2-4,9-10H2,1H3,(H,16,18). The number of hydrogen-bond acceptors (Lipinski definition) is 2. The number of rotatable bonds is 7. The number of aliphatic hydroxyl groups is 1. The van der Waals surface area contributed by atoms with E-state index in [4.69, 9.17) is 5.11 Å². The third-order valence-corrected chi connectivity index (χ3v) is 2.67. The first-order valence-electron chi connectivity index (χ1n) is 6.26. The highest BCUT2D eigenvalue weighted by Crippen LogP contribution is 2.06. The second-order valence-electron chi connectivity index (χ2n) is 4.48. The van der Waals surface area contributed by atoms with E-state index in [2.05, 4.69) is 5.32 Å². The summed E-state index contributed by atoms with van der Waals surface area (Å²) in [5.74, 6) is -0.252. The van der Waals surface area contributed by atoms with Crippen molar-refractivity contribution >= 4 is 5.91 Å². The van der Waals surface area contributed by atoms with Gasteiger partial charge in [0.05, 0.1) is 0 Å². The second kappa shape index (κ2) is 7.82. The molecule has 0 heterocycles. The molecule has 0 saturated heterocycles. The summed E-state index contributed by atoms with van der Waals surface area (Å²) in [7, 11) is 0.